The lowest BCUT2D eigenvalue weighted by atomic mass is 9.98. The first-order valence-corrected chi connectivity index (χ1v) is 11.0. The minimum absolute atomic E-state index is 0.0744. The van der Waals surface area contributed by atoms with Crippen molar-refractivity contribution in [1.82, 2.24) is 15.0 Å². The van der Waals surface area contributed by atoms with Crippen LogP contribution < -0.4 is 10.6 Å². The third-order valence-electron chi connectivity index (χ3n) is 5.49. The summed E-state index contributed by atoms with van der Waals surface area (Å²) in [5, 5.41) is -0.637. The number of sulfone groups is 1. The van der Waals surface area contributed by atoms with Gasteiger partial charge >= 0.3 is 0 Å². The van der Waals surface area contributed by atoms with Gasteiger partial charge in [0.15, 0.2) is 15.7 Å². The molecule has 2 aromatic heterocycles. The number of nitrogens with one attached hydrogen (secondary N) is 1. The average Bonchev–Trinajstić information content (AvgIpc) is 3.06. The van der Waals surface area contributed by atoms with Crippen LogP contribution in [-0.2, 0) is 14.6 Å². The first kappa shape index (κ1) is 18.9. The number of nitrogens with zero attached hydrogens (tertiary/aromatic N) is 3. The maximum atomic E-state index is 13.2. The summed E-state index contributed by atoms with van der Waals surface area (Å²) >= 11 is 0. The van der Waals surface area contributed by atoms with Gasteiger partial charge in [0.1, 0.15) is 28.1 Å². The maximum Gasteiger partial charge on any atom is 0.190 e. The predicted molar refractivity (Wildman–Crippen MR) is 109 cm³/mol. The SMILES string of the molecule is COCC1CCN(c2ncnc3c(S(=O)(=O)C4C=CC=CC4)c(N)[nH]c23)CC1. The number of piperidine rings is 1. The van der Waals surface area contributed by atoms with Crippen LogP contribution in [0.15, 0.2) is 35.5 Å². The molecule has 0 radical (unpaired) electrons. The maximum absolute atomic E-state index is 13.2. The van der Waals surface area contributed by atoms with E-state index in [9.17, 15) is 8.42 Å². The largest absolute Gasteiger partial charge is 0.384 e. The van der Waals surface area contributed by atoms with E-state index in [-0.39, 0.29) is 10.7 Å². The second-order valence-electron chi connectivity index (χ2n) is 7.31. The summed E-state index contributed by atoms with van der Waals surface area (Å²) < 4.78 is 31.7. The van der Waals surface area contributed by atoms with Gasteiger partial charge in [0.25, 0.3) is 0 Å². The topological polar surface area (TPSA) is 114 Å². The highest BCUT2D eigenvalue weighted by molar-refractivity contribution is 7.92. The fraction of sp³-hybridized carbons (Fsp3) is 0.474. The van der Waals surface area contributed by atoms with Gasteiger partial charge in [-0.1, -0.05) is 24.3 Å². The van der Waals surface area contributed by atoms with Gasteiger partial charge in [-0.3, -0.25) is 0 Å². The van der Waals surface area contributed by atoms with Crippen LogP contribution in [0.4, 0.5) is 11.6 Å². The Kier molecular flexibility index (Phi) is 5.11. The highest BCUT2D eigenvalue weighted by atomic mass is 32.2. The predicted octanol–water partition coefficient (Wildman–Crippen LogP) is 2.06. The summed E-state index contributed by atoms with van der Waals surface area (Å²) in [6, 6.07) is 0. The van der Waals surface area contributed by atoms with Gasteiger partial charge < -0.3 is 20.4 Å². The van der Waals surface area contributed by atoms with Crippen molar-refractivity contribution in [2.24, 2.45) is 5.92 Å². The van der Waals surface area contributed by atoms with Crippen LogP contribution in [-0.4, -0.2) is 55.4 Å². The molecule has 3 N–H and O–H groups in total. The molecule has 0 saturated carbocycles. The molecule has 28 heavy (non-hydrogen) atoms. The van der Waals surface area contributed by atoms with Crippen molar-refractivity contribution in [3.63, 3.8) is 0 Å². The van der Waals surface area contributed by atoms with Crippen molar-refractivity contribution in [2.45, 2.75) is 29.4 Å². The molecule has 1 aliphatic heterocycles. The molecule has 2 aliphatic rings. The highest BCUT2D eigenvalue weighted by Crippen LogP contribution is 2.36. The molecular weight excluding hydrogens is 378 g/mol. The molecule has 0 spiro atoms. The Morgan fingerprint density at radius 2 is 2.07 bits per heavy atom. The van der Waals surface area contributed by atoms with Crippen LogP contribution in [0.1, 0.15) is 19.3 Å². The zero-order chi connectivity index (χ0) is 19.7. The lowest BCUT2D eigenvalue weighted by molar-refractivity contribution is 0.139. The van der Waals surface area contributed by atoms with Crippen LogP contribution >= 0.6 is 0 Å². The van der Waals surface area contributed by atoms with Crippen LogP contribution in [0, 0.1) is 5.92 Å². The van der Waals surface area contributed by atoms with Crippen LogP contribution in [0.2, 0.25) is 0 Å². The second-order valence-corrected chi connectivity index (χ2v) is 9.41. The van der Waals surface area contributed by atoms with E-state index >= 15 is 0 Å². The Hall–Kier alpha value is -2.39. The lowest BCUT2D eigenvalue weighted by Crippen LogP contribution is -2.35. The summed E-state index contributed by atoms with van der Waals surface area (Å²) in [5.74, 6) is 1.36. The van der Waals surface area contributed by atoms with E-state index in [4.69, 9.17) is 10.5 Å². The normalized spacial score (nSPS) is 20.9. The molecule has 1 atom stereocenters. The number of hydrogen-bond donors (Lipinski definition) is 2. The Morgan fingerprint density at radius 1 is 1.29 bits per heavy atom. The molecule has 0 amide bonds. The Labute approximate surface area is 164 Å². The minimum atomic E-state index is -3.66. The summed E-state index contributed by atoms with van der Waals surface area (Å²) in [6.07, 6.45) is 11.0. The fourth-order valence-corrected chi connectivity index (χ4v) is 5.74. The zero-order valence-corrected chi connectivity index (χ0v) is 16.7. The number of nitrogens with two attached hydrogens (primary N) is 1. The number of nitrogen functional groups attached to an aromatic ring is 1. The first-order valence-electron chi connectivity index (χ1n) is 9.45. The third kappa shape index (κ3) is 3.29. The van der Waals surface area contributed by atoms with Gasteiger partial charge in [-0.15, -0.1) is 0 Å². The van der Waals surface area contributed by atoms with Crippen LogP contribution in [0.3, 0.4) is 0 Å². The summed E-state index contributed by atoms with van der Waals surface area (Å²) in [7, 11) is -1.94. The van der Waals surface area contributed by atoms with Crippen molar-refractivity contribution in [3.05, 3.63) is 30.6 Å². The van der Waals surface area contributed by atoms with E-state index in [1.54, 1.807) is 19.3 Å². The zero-order valence-electron chi connectivity index (χ0n) is 15.8. The molecule has 0 aromatic carbocycles. The molecule has 8 nitrogen and oxygen atoms in total. The molecule has 1 aliphatic carbocycles. The number of methoxy groups -OCH3 is 1. The van der Waals surface area contributed by atoms with E-state index in [1.165, 1.54) is 6.33 Å². The molecule has 4 rings (SSSR count). The van der Waals surface area contributed by atoms with E-state index < -0.39 is 15.1 Å². The van der Waals surface area contributed by atoms with Gasteiger partial charge in [-0.25, -0.2) is 18.4 Å². The molecule has 0 bridgehead atoms. The smallest absolute Gasteiger partial charge is 0.190 e. The van der Waals surface area contributed by atoms with Crippen molar-refractivity contribution in [2.75, 3.05) is 37.4 Å². The number of rotatable bonds is 5. The molecule has 3 heterocycles. The number of allylic oxidation sites excluding steroid dienone is 3. The Morgan fingerprint density at radius 3 is 2.75 bits per heavy atom. The van der Waals surface area contributed by atoms with Crippen molar-refractivity contribution in [1.29, 1.82) is 0 Å². The van der Waals surface area contributed by atoms with Gasteiger partial charge in [0.05, 0.1) is 5.25 Å². The monoisotopic (exact) mass is 403 g/mol. The first-order chi connectivity index (χ1) is 13.5. The van der Waals surface area contributed by atoms with Crippen LogP contribution in [0.25, 0.3) is 11.0 Å². The summed E-state index contributed by atoms with van der Waals surface area (Å²) in [5.41, 5.74) is 7.07. The molecule has 1 fully saturated rings. The number of fused-ring (bicyclic) bond motifs is 1. The number of H-pyrrole nitrogens is 1. The van der Waals surface area contributed by atoms with E-state index in [0.29, 0.717) is 29.2 Å². The lowest BCUT2D eigenvalue weighted by Gasteiger charge is -2.32. The number of aromatic amines is 1. The number of ether oxygens (including phenoxy) is 1. The molecule has 2 aromatic rings. The quantitative estimate of drug-likeness (QED) is 0.785. The molecule has 1 saturated heterocycles. The number of aromatic nitrogens is 3. The standard InChI is InChI=1S/C19H25N5O3S/c1-27-11-13-7-9-24(10-8-13)19-16-15(21-12-22-19)17(18(20)23-16)28(25,26)14-5-3-2-4-6-14/h2-5,12-14,23H,6-11,20H2,1H3. The van der Waals surface area contributed by atoms with Gasteiger partial charge in [-0.2, -0.15) is 0 Å². The van der Waals surface area contributed by atoms with Gasteiger partial charge in [0.2, 0.25) is 0 Å². The third-order valence-corrected chi connectivity index (χ3v) is 7.62. The second kappa shape index (κ2) is 7.56. The van der Waals surface area contributed by atoms with Crippen molar-refractivity contribution < 1.29 is 13.2 Å². The van der Waals surface area contributed by atoms with Crippen LogP contribution in [0.5, 0.6) is 0 Å². The Balaban J connectivity index is 1.70. The number of hydrogen-bond acceptors (Lipinski definition) is 7. The van der Waals surface area contributed by atoms with E-state index in [1.807, 2.05) is 12.2 Å². The van der Waals surface area contributed by atoms with Crippen molar-refractivity contribution in [3.8, 4) is 0 Å². The van der Waals surface area contributed by atoms with Gasteiger partial charge in [0, 0.05) is 26.8 Å². The average molecular weight is 404 g/mol. The molecule has 150 valence electrons. The highest BCUT2D eigenvalue weighted by Gasteiger charge is 2.33. The van der Waals surface area contributed by atoms with E-state index in [0.717, 1.165) is 32.5 Å². The Bertz CT molecular complexity index is 1020. The summed E-state index contributed by atoms with van der Waals surface area (Å²) in [4.78, 5) is 14.0. The number of anilines is 2. The minimum Gasteiger partial charge on any atom is -0.384 e. The van der Waals surface area contributed by atoms with Gasteiger partial charge in [-0.05, 0) is 25.2 Å². The molecular formula is C19H25N5O3S. The summed E-state index contributed by atoms with van der Waals surface area (Å²) in [6.45, 7) is 2.42. The van der Waals surface area contributed by atoms with Crippen molar-refractivity contribution >= 4 is 32.5 Å². The van der Waals surface area contributed by atoms with E-state index in [2.05, 4.69) is 19.9 Å². The molecule has 9 heteroatoms. The fourth-order valence-electron chi connectivity index (χ4n) is 4.00. The molecule has 1 unspecified atom stereocenters.